The van der Waals surface area contributed by atoms with Crippen LogP contribution in [0.3, 0.4) is 0 Å². The van der Waals surface area contributed by atoms with Crippen molar-refractivity contribution in [3.8, 4) is 0 Å². The molecule has 2 N–H and O–H groups in total. The molecule has 0 aliphatic carbocycles. The van der Waals surface area contributed by atoms with Gasteiger partial charge in [-0.1, -0.05) is 0 Å². The van der Waals surface area contributed by atoms with Crippen LogP contribution in [-0.4, -0.2) is 66.0 Å². The van der Waals surface area contributed by atoms with Crippen molar-refractivity contribution in [1.29, 1.82) is 0 Å². The number of carbonyl (C=O) groups excluding carboxylic acids is 2. The van der Waals surface area contributed by atoms with Crippen LogP contribution in [0.1, 0.15) is 27.7 Å². The summed E-state index contributed by atoms with van der Waals surface area (Å²) in [4.78, 5) is 27.7. The number of amides is 2. The highest BCUT2D eigenvalue weighted by Gasteiger charge is 2.42. The molecule has 0 spiro atoms. The van der Waals surface area contributed by atoms with Crippen LogP contribution in [0, 0.1) is 0 Å². The first kappa shape index (κ1) is 15.9. The lowest BCUT2D eigenvalue weighted by Crippen LogP contribution is -2.66. The van der Waals surface area contributed by atoms with Crippen molar-refractivity contribution in [1.82, 2.24) is 9.80 Å². The lowest BCUT2D eigenvalue weighted by Gasteiger charge is -2.49. The second-order valence-electron chi connectivity index (χ2n) is 5.93. The van der Waals surface area contributed by atoms with E-state index < -0.39 is 6.04 Å². The van der Waals surface area contributed by atoms with Crippen molar-refractivity contribution in [2.45, 2.75) is 45.3 Å². The molecule has 1 atom stereocenters. The van der Waals surface area contributed by atoms with E-state index in [1.165, 1.54) is 12.0 Å². The largest absolute Gasteiger partial charge is 0.383 e. The van der Waals surface area contributed by atoms with Crippen molar-refractivity contribution in [2.24, 2.45) is 5.73 Å². The fourth-order valence-electron chi connectivity index (χ4n) is 2.80. The van der Waals surface area contributed by atoms with E-state index in [9.17, 15) is 9.59 Å². The van der Waals surface area contributed by atoms with Crippen LogP contribution in [0.5, 0.6) is 0 Å². The number of nitrogens with two attached hydrogens (primary N) is 1. The molecule has 0 aromatic rings. The van der Waals surface area contributed by atoms with E-state index in [1.807, 2.05) is 32.6 Å². The average Bonchev–Trinajstić information content (AvgIpc) is 2.25. The van der Waals surface area contributed by atoms with E-state index in [-0.39, 0.29) is 36.5 Å². The van der Waals surface area contributed by atoms with Gasteiger partial charge < -0.3 is 20.3 Å². The predicted molar refractivity (Wildman–Crippen MR) is 72.5 cm³/mol. The van der Waals surface area contributed by atoms with Gasteiger partial charge in [0.1, 0.15) is 6.04 Å². The molecule has 2 amide bonds. The molecule has 1 fully saturated rings. The molecule has 1 rings (SSSR count). The summed E-state index contributed by atoms with van der Waals surface area (Å²) in [5, 5.41) is 0. The highest BCUT2D eigenvalue weighted by molar-refractivity contribution is 5.89. The van der Waals surface area contributed by atoms with Crippen LogP contribution in [0.4, 0.5) is 0 Å². The van der Waals surface area contributed by atoms with Crippen LogP contribution in [0.2, 0.25) is 0 Å². The first-order chi connectivity index (χ1) is 8.70. The number of rotatable bonds is 4. The molecular formula is C13H25N3O3. The molecule has 0 radical (unpaired) electrons. The summed E-state index contributed by atoms with van der Waals surface area (Å²) in [5.41, 5.74) is 5.36. The normalized spacial score (nSPS) is 20.9. The Balaban J connectivity index is 2.83. The third-order valence-electron chi connectivity index (χ3n) is 3.32. The number of carbonyl (C=O) groups is 2. The van der Waals surface area contributed by atoms with Crippen LogP contribution >= 0.6 is 0 Å². The van der Waals surface area contributed by atoms with Crippen molar-refractivity contribution < 1.29 is 14.3 Å². The van der Waals surface area contributed by atoms with Gasteiger partial charge in [0.15, 0.2) is 0 Å². The SMILES string of the molecule is COCC(N)C(=O)N1CC(=O)N(C(C)C)C(C)(C)C1. The van der Waals surface area contributed by atoms with Gasteiger partial charge in [-0.15, -0.1) is 0 Å². The maximum atomic E-state index is 12.2. The van der Waals surface area contributed by atoms with E-state index in [0.29, 0.717) is 6.54 Å². The fourth-order valence-corrected chi connectivity index (χ4v) is 2.80. The number of nitrogens with zero attached hydrogens (tertiary/aromatic N) is 2. The minimum atomic E-state index is -0.709. The summed E-state index contributed by atoms with van der Waals surface area (Å²) in [5.74, 6) is -0.268. The minimum absolute atomic E-state index is 0.0378. The van der Waals surface area contributed by atoms with Crippen LogP contribution in [-0.2, 0) is 14.3 Å². The van der Waals surface area contributed by atoms with Crippen molar-refractivity contribution in [3.05, 3.63) is 0 Å². The Kier molecular flexibility index (Phi) is 4.92. The van der Waals surface area contributed by atoms with Gasteiger partial charge in [0.05, 0.1) is 18.7 Å². The monoisotopic (exact) mass is 271 g/mol. The molecule has 0 aromatic carbocycles. The quantitative estimate of drug-likeness (QED) is 0.769. The molecule has 0 bridgehead atoms. The Morgan fingerprint density at radius 3 is 2.47 bits per heavy atom. The number of methoxy groups -OCH3 is 1. The van der Waals surface area contributed by atoms with Crippen LogP contribution in [0.25, 0.3) is 0 Å². The zero-order chi connectivity index (χ0) is 14.8. The number of hydrogen-bond donors (Lipinski definition) is 1. The average molecular weight is 271 g/mol. The lowest BCUT2D eigenvalue weighted by molar-refractivity contribution is -0.156. The highest BCUT2D eigenvalue weighted by Crippen LogP contribution is 2.24. The van der Waals surface area contributed by atoms with E-state index in [4.69, 9.17) is 10.5 Å². The standard InChI is InChI=1S/C13H25N3O3/c1-9(2)16-11(17)6-15(8-13(16,3)4)12(18)10(14)7-19-5/h9-10H,6-8,14H2,1-5H3. The number of hydrogen-bond acceptors (Lipinski definition) is 4. The first-order valence-corrected chi connectivity index (χ1v) is 6.56. The van der Waals surface area contributed by atoms with Gasteiger partial charge in [-0.3, -0.25) is 9.59 Å². The molecule has 19 heavy (non-hydrogen) atoms. The molecular weight excluding hydrogens is 246 g/mol. The second kappa shape index (κ2) is 5.88. The summed E-state index contributed by atoms with van der Waals surface area (Å²) in [6.07, 6.45) is 0. The topological polar surface area (TPSA) is 75.9 Å². The van der Waals surface area contributed by atoms with Crippen LogP contribution < -0.4 is 5.73 Å². The predicted octanol–water partition coefficient (Wildman–Crippen LogP) is -0.182. The molecule has 1 aliphatic rings. The Morgan fingerprint density at radius 1 is 1.47 bits per heavy atom. The Morgan fingerprint density at radius 2 is 2.05 bits per heavy atom. The molecule has 1 saturated heterocycles. The Hall–Kier alpha value is -1.14. The summed E-state index contributed by atoms with van der Waals surface area (Å²) >= 11 is 0. The van der Waals surface area contributed by atoms with Gasteiger partial charge in [-0.05, 0) is 27.7 Å². The second-order valence-corrected chi connectivity index (χ2v) is 5.93. The molecule has 0 saturated carbocycles. The number of ether oxygens (including phenoxy) is 1. The fraction of sp³-hybridized carbons (Fsp3) is 0.846. The summed E-state index contributed by atoms with van der Waals surface area (Å²) in [6, 6.07) is -0.591. The van der Waals surface area contributed by atoms with Crippen molar-refractivity contribution >= 4 is 11.8 Å². The van der Waals surface area contributed by atoms with Gasteiger partial charge in [-0.25, -0.2) is 0 Å². The van der Waals surface area contributed by atoms with Gasteiger partial charge in [0.2, 0.25) is 11.8 Å². The third kappa shape index (κ3) is 3.45. The molecule has 1 aliphatic heterocycles. The van der Waals surface area contributed by atoms with Crippen molar-refractivity contribution in [3.63, 3.8) is 0 Å². The minimum Gasteiger partial charge on any atom is -0.383 e. The molecule has 6 heteroatoms. The van der Waals surface area contributed by atoms with E-state index >= 15 is 0 Å². The maximum Gasteiger partial charge on any atom is 0.242 e. The first-order valence-electron chi connectivity index (χ1n) is 6.56. The van der Waals surface area contributed by atoms with E-state index in [2.05, 4.69) is 0 Å². The van der Waals surface area contributed by atoms with E-state index in [1.54, 1.807) is 0 Å². The van der Waals surface area contributed by atoms with E-state index in [0.717, 1.165) is 0 Å². The smallest absolute Gasteiger partial charge is 0.242 e. The van der Waals surface area contributed by atoms with Gasteiger partial charge in [0, 0.05) is 19.7 Å². The summed E-state index contributed by atoms with van der Waals surface area (Å²) in [7, 11) is 1.50. The molecule has 6 nitrogen and oxygen atoms in total. The Bertz CT molecular complexity index is 355. The molecule has 1 heterocycles. The third-order valence-corrected chi connectivity index (χ3v) is 3.32. The molecule has 110 valence electrons. The number of piperazine rings is 1. The summed E-state index contributed by atoms with van der Waals surface area (Å²) < 4.78 is 4.89. The van der Waals surface area contributed by atoms with Gasteiger partial charge in [-0.2, -0.15) is 0 Å². The van der Waals surface area contributed by atoms with Gasteiger partial charge in [0.25, 0.3) is 0 Å². The lowest BCUT2D eigenvalue weighted by atomic mass is 9.96. The molecule has 1 unspecified atom stereocenters. The van der Waals surface area contributed by atoms with Gasteiger partial charge >= 0.3 is 0 Å². The highest BCUT2D eigenvalue weighted by atomic mass is 16.5. The van der Waals surface area contributed by atoms with Crippen molar-refractivity contribution in [2.75, 3.05) is 26.8 Å². The maximum absolute atomic E-state index is 12.2. The molecule has 0 aromatic heterocycles. The summed E-state index contributed by atoms with van der Waals surface area (Å²) in [6.45, 7) is 8.64. The Labute approximate surface area is 114 Å². The van der Waals surface area contributed by atoms with Crippen LogP contribution in [0.15, 0.2) is 0 Å². The zero-order valence-corrected chi connectivity index (χ0v) is 12.5. The zero-order valence-electron chi connectivity index (χ0n) is 12.5.